The van der Waals surface area contributed by atoms with Crippen LogP contribution in [-0.2, 0) is 24.3 Å². The van der Waals surface area contributed by atoms with Crippen molar-refractivity contribution in [2.45, 2.75) is 24.7 Å². The van der Waals surface area contributed by atoms with Gasteiger partial charge < -0.3 is 9.47 Å². The lowest BCUT2D eigenvalue weighted by molar-refractivity contribution is -0.149. The fraction of sp³-hybridized carbons (Fsp3) is 0.500. The summed E-state index contributed by atoms with van der Waals surface area (Å²) in [5, 5.41) is 2.46. The molecule has 0 spiro atoms. The number of hydrogen-bond acceptors (Lipinski definition) is 6. The molecule has 8 nitrogen and oxygen atoms in total. The number of esters is 1. The van der Waals surface area contributed by atoms with Crippen LogP contribution in [0.1, 0.15) is 19.8 Å². The molecule has 0 aliphatic carbocycles. The fourth-order valence-electron chi connectivity index (χ4n) is 2.64. The molecule has 1 heterocycles. The Morgan fingerprint density at radius 2 is 1.96 bits per heavy atom. The summed E-state index contributed by atoms with van der Waals surface area (Å²) in [6, 6.07) is 5.79. The number of piperidine rings is 1. The maximum absolute atomic E-state index is 12.8. The first kappa shape index (κ1) is 19.2. The van der Waals surface area contributed by atoms with Gasteiger partial charge in [0.1, 0.15) is 0 Å². The van der Waals surface area contributed by atoms with Crippen LogP contribution in [0.5, 0.6) is 0 Å². The summed E-state index contributed by atoms with van der Waals surface area (Å²) in [5.41, 5.74) is 0.425. The molecule has 25 heavy (non-hydrogen) atoms. The summed E-state index contributed by atoms with van der Waals surface area (Å²) in [5.74, 6) is -0.802. The van der Waals surface area contributed by atoms with Gasteiger partial charge in [-0.3, -0.25) is 10.1 Å². The third-order valence-corrected chi connectivity index (χ3v) is 5.81. The van der Waals surface area contributed by atoms with E-state index in [1.165, 1.54) is 35.7 Å². The van der Waals surface area contributed by atoms with Crippen molar-refractivity contribution in [2.24, 2.45) is 5.92 Å². The van der Waals surface area contributed by atoms with Crippen LogP contribution in [0.2, 0.25) is 0 Å². The van der Waals surface area contributed by atoms with Crippen LogP contribution in [0.25, 0.3) is 0 Å². The molecule has 0 aromatic heterocycles. The number of carbonyl (C=O) groups excluding carboxylic acids is 2. The van der Waals surface area contributed by atoms with E-state index in [0.717, 1.165) is 0 Å². The molecule has 1 saturated heterocycles. The average Bonchev–Trinajstić information content (AvgIpc) is 2.62. The summed E-state index contributed by atoms with van der Waals surface area (Å²) < 4.78 is 36.3. The number of nitrogens with zero attached hydrogens (tertiary/aromatic N) is 1. The van der Waals surface area contributed by atoms with Crippen LogP contribution in [0.3, 0.4) is 0 Å². The second-order valence-corrected chi connectivity index (χ2v) is 7.53. The Hall–Kier alpha value is -2.13. The SMILES string of the molecule is CCOC(=O)C1CCCN(S(=O)(=O)c2ccc(NC(=O)OC)cc2)C1. The maximum Gasteiger partial charge on any atom is 0.411 e. The van der Waals surface area contributed by atoms with Gasteiger partial charge >= 0.3 is 12.1 Å². The standard InChI is InChI=1S/C16H22N2O6S/c1-3-24-15(19)12-5-4-10-18(11-12)25(21,22)14-8-6-13(7-9-14)17-16(20)23-2/h6-9,12H,3-5,10-11H2,1-2H3,(H,17,20). The van der Waals surface area contributed by atoms with E-state index >= 15 is 0 Å². The van der Waals surface area contributed by atoms with Crippen molar-refractivity contribution in [1.82, 2.24) is 4.31 Å². The quantitative estimate of drug-likeness (QED) is 0.794. The third kappa shape index (κ3) is 4.70. The van der Waals surface area contributed by atoms with E-state index in [4.69, 9.17) is 4.74 Å². The maximum atomic E-state index is 12.8. The summed E-state index contributed by atoms with van der Waals surface area (Å²) in [6.07, 6.45) is 0.585. The summed E-state index contributed by atoms with van der Waals surface area (Å²) in [6.45, 7) is 2.47. The number of methoxy groups -OCH3 is 1. The van der Waals surface area contributed by atoms with Crippen molar-refractivity contribution in [3.8, 4) is 0 Å². The number of sulfonamides is 1. The molecule has 0 saturated carbocycles. The van der Waals surface area contributed by atoms with Crippen molar-refractivity contribution in [1.29, 1.82) is 0 Å². The molecule has 0 bridgehead atoms. The van der Waals surface area contributed by atoms with Crippen LogP contribution >= 0.6 is 0 Å². The molecule has 2 rings (SSSR count). The first-order chi connectivity index (χ1) is 11.9. The zero-order valence-electron chi connectivity index (χ0n) is 14.2. The van der Waals surface area contributed by atoms with Crippen LogP contribution in [-0.4, -0.2) is 51.6 Å². The minimum absolute atomic E-state index is 0.104. The Bertz CT molecular complexity index is 717. The zero-order valence-corrected chi connectivity index (χ0v) is 15.0. The lowest BCUT2D eigenvalue weighted by Gasteiger charge is -2.30. The molecule has 1 unspecified atom stereocenters. The van der Waals surface area contributed by atoms with Crippen LogP contribution in [0.15, 0.2) is 29.2 Å². The first-order valence-electron chi connectivity index (χ1n) is 8.00. The minimum atomic E-state index is -3.71. The Balaban J connectivity index is 2.12. The molecule has 1 aromatic rings. The largest absolute Gasteiger partial charge is 0.466 e. The van der Waals surface area contributed by atoms with Crippen molar-refractivity contribution in [3.05, 3.63) is 24.3 Å². The Morgan fingerprint density at radius 1 is 1.28 bits per heavy atom. The Labute approximate surface area is 147 Å². The molecule has 1 fully saturated rings. The number of rotatable bonds is 5. The van der Waals surface area contributed by atoms with Gasteiger partial charge in [0.2, 0.25) is 10.0 Å². The second kappa shape index (κ2) is 8.30. The van der Waals surface area contributed by atoms with Gasteiger partial charge in [-0.2, -0.15) is 4.31 Å². The molecular weight excluding hydrogens is 348 g/mol. The summed E-state index contributed by atoms with van der Waals surface area (Å²) in [7, 11) is -2.47. The lowest BCUT2D eigenvalue weighted by Crippen LogP contribution is -2.42. The molecule has 1 aromatic carbocycles. The van der Waals surface area contributed by atoms with Crippen molar-refractivity contribution < 1.29 is 27.5 Å². The van der Waals surface area contributed by atoms with Gasteiger partial charge in [-0.25, -0.2) is 13.2 Å². The van der Waals surface area contributed by atoms with E-state index in [-0.39, 0.29) is 24.0 Å². The van der Waals surface area contributed by atoms with Crippen LogP contribution < -0.4 is 5.32 Å². The predicted molar refractivity (Wildman–Crippen MR) is 90.6 cm³/mol. The number of ether oxygens (including phenoxy) is 2. The van der Waals surface area contributed by atoms with Gasteiger partial charge in [-0.1, -0.05) is 0 Å². The molecule has 1 aliphatic heterocycles. The Morgan fingerprint density at radius 3 is 2.56 bits per heavy atom. The molecule has 1 aliphatic rings. The molecule has 0 radical (unpaired) electrons. The zero-order chi connectivity index (χ0) is 18.4. The van der Waals surface area contributed by atoms with E-state index in [2.05, 4.69) is 10.1 Å². The van der Waals surface area contributed by atoms with E-state index in [1.54, 1.807) is 6.92 Å². The molecule has 1 amide bonds. The van der Waals surface area contributed by atoms with Gasteiger partial charge in [-0.05, 0) is 44.0 Å². The van der Waals surface area contributed by atoms with Gasteiger partial charge in [0.05, 0.1) is 24.5 Å². The molecule has 138 valence electrons. The minimum Gasteiger partial charge on any atom is -0.466 e. The second-order valence-electron chi connectivity index (χ2n) is 5.60. The number of carbonyl (C=O) groups is 2. The van der Waals surface area contributed by atoms with Crippen molar-refractivity contribution >= 4 is 27.8 Å². The van der Waals surface area contributed by atoms with Gasteiger partial charge in [-0.15, -0.1) is 0 Å². The van der Waals surface area contributed by atoms with Gasteiger partial charge in [0, 0.05) is 18.8 Å². The highest BCUT2D eigenvalue weighted by Gasteiger charge is 2.33. The lowest BCUT2D eigenvalue weighted by atomic mass is 10.0. The van der Waals surface area contributed by atoms with E-state index in [9.17, 15) is 18.0 Å². The van der Waals surface area contributed by atoms with E-state index in [1.807, 2.05) is 0 Å². The Kier molecular flexibility index (Phi) is 6.38. The third-order valence-electron chi connectivity index (χ3n) is 3.93. The first-order valence-corrected chi connectivity index (χ1v) is 9.44. The normalized spacial score (nSPS) is 18.4. The number of nitrogens with one attached hydrogen (secondary N) is 1. The molecule has 9 heteroatoms. The highest BCUT2D eigenvalue weighted by atomic mass is 32.2. The highest BCUT2D eigenvalue weighted by Crippen LogP contribution is 2.25. The van der Waals surface area contributed by atoms with Gasteiger partial charge in [0.25, 0.3) is 0 Å². The van der Waals surface area contributed by atoms with Crippen molar-refractivity contribution in [3.63, 3.8) is 0 Å². The monoisotopic (exact) mass is 370 g/mol. The summed E-state index contributed by atoms with van der Waals surface area (Å²) in [4.78, 5) is 23.2. The van der Waals surface area contributed by atoms with E-state index in [0.29, 0.717) is 25.1 Å². The van der Waals surface area contributed by atoms with Crippen LogP contribution in [0.4, 0.5) is 10.5 Å². The average molecular weight is 370 g/mol. The molecule has 1 atom stereocenters. The topological polar surface area (TPSA) is 102 Å². The number of hydrogen-bond donors (Lipinski definition) is 1. The number of amides is 1. The number of benzene rings is 1. The molecular formula is C16H22N2O6S. The predicted octanol–water partition coefficient (Wildman–Crippen LogP) is 1.83. The van der Waals surface area contributed by atoms with Crippen LogP contribution in [0, 0.1) is 5.92 Å². The van der Waals surface area contributed by atoms with E-state index < -0.39 is 22.0 Å². The highest BCUT2D eigenvalue weighted by molar-refractivity contribution is 7.89. The van der Waals surface area contributed by atoms with Gasteiger partial charge in [0.15, 0.2) is 0 Å². The number of anilines is 1. The fourth-order valence-corrected chi connectivity index (χ4v) is 4.17. The molecule has 1 N–H and O–H groups in total. The smallest absolute Gasteiger partial charge is 0.411 e. The van der Waals surface area contributed by atoms with Crippen molar-refractivity contribution in [2.75, 3.05) is 32.1 Å². The summed E-state index contributed by atoms with van der Waals surface area (Å²) >= 11 is 0.